The number of anilines is 1. The molecule has 4 heteroatoms. The Bertz CT molecular complexity index is 523. The molecule has 2 rings (SSSR count). The number of hydrogen-bond acceptors (Lipinski definition) is 2. The van der Waals surface area contributed by atoms with Crippen LogP contribution in [0.15, 0.2) is 36.7 Å². The average Bonchev–Trinajstić information content (AvgIpc) is 2.93. The first kappa shape index (κ1) is 14.9. The fraction of sp³-hybridized carbons (Fsp3) is 0.438. The van der Waals surface area contributed by atoms with Gasteiger partial charge in [0.15, 0.2) is 0 Å². The van der Waals surface area contributed by atoms with Crippen molar-refractivity contribution in [3.63, 3.8) is 0 Å². The van der Waals surface area contributed by atoms with E-state index >= 15 is 0 Å². The number of benzene rings is 1. The predicted octanol–water partition coefficient (Wildman–Crippen LogP) is 4.91. The van der Waals surface area contributed by atoms with Crippen LogP contribution >= 0.6 is 11.6 Å². The summed E-state index contributed by atoms with van der Waals surface area (Å²) in [5, 5.41) is 8.59. The van der Waals surface area contributed by atoms with Crippen molar-refractivity contribution in [1.82, 2.24) is 9.78 Å². The second-order valence-corrected chi connectivity index (χ2v) is 5.59. The number of nitrogens with zero attached hydrogens (tertiary/aromatic N) is 2. The number of rotatable bonds is 7. The van der Waals surface area contributed by atoms with Gasteiger partial charge in [0, 0.05) is 23.5 Å². The zero-order valence-electron chi connectivity index (χ0n) is 12.1. The third kappa shape index (κ3) is 4.01. The molecule has 1 heterocycles. The molecule has 1 unspecified atom stereocenters. The molecule has 1 atom stereocenters. The summed E-state index contributed by atoms with van der Waals surface area (Å²) < 4.78 is 1.86. The van der Waals surface area contributed by atoms with Gasteiger partial charge in [-0.15, -0.1) is 0 Å². The van der Waals surface area contributed by atoms with Crippen molar-refractivity contribution < 1.29 is 0 Å². The molecule has 0 aliphatic carbocycles. The van der Waals surface area contributed by atoms with E-state index in [0.717, 1.165) is 16.4 Å². The number of nitrogens with one attached hydrogen (secondary N) is 1. The van der Waals surface area contributed by atoms with E-state index in [1.165, 1.54) is 25.7 Å². The molecule has 3 nitrogen and oxygen atoms in total. The molecular weight excluding hydrogens is 270 g/mol. The summed E-state index contributed by atoms with van der Waals surface area (Å²) in [7, 11) is 0. The highest BCUT2D eigenvalue weighted by Crippen LogP contribution is 2.25. The summed E-state index contributed by atoms with van der Waals surface area (Å²) in [5.41, 5.74) is 2.06. The monoisotopic (exact) mass is 291 g/mol. The van der Waals surface area contributed by atoms with Crippen molar-refractivity contribution in [3.05, 3.63) is 41.7 Å². The maximum atomic E-state index is 6.12. The summed E-state index contributed by atoms with van der Waals surface area (Å²) in [4.78, 5) is 0. The van der Waals surface area contributed by atoms with E-state index in [1.54, 1.807) is 6.20 Å². The molecule has 0 fully saturated rings. The zero-order valence-corrected chi connectivity index (χ0v) is 12.9. The Hall–Kier alpha value is -1.48. The van der Waals surface area contributed by atoms with E-state index in [-0.39, 0.29) is 0 Å². The van der Waals surface area contributed by atoms with E-state index in [4.69, 9.17) is 11.6 Å². The van der Waals surface area contributed by atoms with Crippen LogP contribution in [0, 0.1) is 0 Å². The van der Waals surface area contributed by atoms with E-state index in [9.17, 15) is 0 Å². The molecule has 20 heavy (non-hydrogen) atoms. The fourth-order valence-corrected chi connectivity index (χ4v) is 2.45. The lowest BCUT2D eigenvalue weighted by molar-refractivity contribution is 0.614. The minimum absolute atomic E-state index is 0.425. The Kier molecular flexibility index (Phi) is 5.48. The Balaban J connectivity index is 2.12. The minimum Gasteiger partial charge on any atom is -0.381 e. The Morgan fingerprint density at radius 3 is 2.90 bits per heavy atom. The molecular formula is C16H22ClN3. The lowest BCUT2D eigenvalue weighted by atomic mass is 10.1. The minimum atomic E-state index is 0.425. The molecule has 0 bridgehead atoms. The van der Waals surface area contributed by atoms with Crippen LogP contribution in [0.25, 0.3) is 5.69 Å². The van der Waals surface area contributed by atoms with E-state index in [1.807, 2.05) is 35.1 Å². The molecule has 108 valence electrons. The van der Waals surface area contributed by atoms with E-state index in [0.29, 0.717) is 6.04 Å². The number of aromatic nitrogens is 2. The number of halogens is 1. The van der Waals surface area contributed by atoms with Gasteiger partial charge in [-0.3, -0.25) is 0 Å². The molecule has 0 saturated carbocycles. The third-order valence-corrected chi connectivity index (χ3v) is 3.59. The second kappa shape index (κ2) is 7.34. The van der Waals surface area contributed by atoms with Gasteiger partial charge < -0.3 is 5.32 Å². The van der Waals surface area contributed by atoms with Crippen molar-refractivity contribution in [1.29, 1.82) is 0 Å². The smallest absolute Gasteiger partial charge is 0.0877 e. The lowest BCUT2D eigenvalue weighted by Gasteiger charge is -2.18. The van der Waals surface area contributed by atoms with Crippen LogP contribution < -0.4 is 5.32 Å². The maximum Gasteiger partial charge on any atom is 0.0877 e. The van der Waals surface area contributed by atoms with Crippen LogP contribution in [-0.4, -0.2) is 15.8 Å². The molecule has 0 radical (unpaired) electrons. The Labute approximate surface area is 126 Å². The van der Waals surface area contributed by atoms with Crippen LogP contribution in [0.5, 0.6) is 0 Å². The summed E-state index contributed by atoms with van der Waals surface area (Å²) in [5.74, 6) is 0. The molecule has 0 saturated heterocycles. The van der Waals surface area contributed by atoms with Crippen molar-refractivity contribution >= 4 is 17.3 Å². The van der Waals surface area contributed by atoms with Crippen LogP contribution in [0.1, 0.15) is 39.5 Å². The molecule has 1 aromatic carbocycles. The van der Waals surface area contributed by atoms with Gasteiger partial charge >= 0.3 is 0 Å². The van der Waals surface area contributed by atoms with Gasteiger partial charge in [0.2, 0.25) is 0 Å². The molecule has 0 aliphatic rings. The van der Waals surface area contributed by atoms with Gasteiger partial charge in [0.05, 0.1) is 11.4 Å². The average molecular weight is 292 g/mol. The highest BCUT2D eigenvalue weighted by molar-refractivity contribution is 6.31. The summed E-state index contributed by atoms with van der Waals surface area (Å²) in [6.45, 7) is 4.44. The first-order valence-electron chi connectivity index (χ1n) is 7.27. The van der Waals surface area contributed by atoms with Crippen LogP contribution in [-0.2, 0) is 0 Å². The molecule has 0 spiro atoms. The summed E-state index contributed by atoms with van der Waals surface area (Å²) in [6, 6.07) is 8.20. The maximum absolute atomic E-state index is 6.12. The van der Waals surface area contributed by atoms with Crippen molar-refractivity contribution in [2.24, 2.45) is 0 Å². The molecule has 0 amide bonds. The van der Waals surface area contributed by atoms with Crippen LogP contribution in [0.4, 0.5) is 5.69 Å². The van der Waals surface area contributed by atoms with E-state index in [2.05, 4.69) is 24.3 Å². The van der Waals surface area contributed by atoms with Gasteiger partial charge in [-0.25, -0.2) is 4.68 Å². The Morgan fingerprint density at radius 2 is 2.20 bits per heavy atom. The number of hydrogen-bond donors (Lipinski definition) is 1. The fourth-order valence-electron chi connectivity index (χ4n) is 2.27. The third-order valence-electron chi connectivity index (χ3n) is 3.35. The highest BCUT2D eigenvalue weighted by Gasteiger charge is 2.09. The van der Waals surface area contributed by atoms with Crippen molar-refractivity contribution in [3.8, 4) is 5.69 Å². The first-order valence-corrected chi connectivity index (χ1v) is 7.64. The van der Waals surface area contributed by atoms with Gasteiger partial charge in [-0.1, -0.05) is 37.8 Å². The lowest BCUT2D eigenvalue weighted by Crippen LogP contribution is -2.16. The quantitative estimate of drug-likeness (QED) is 0.735. The molecule has 1 aromatic heterocycles. The normalized spacial score (nSPS) is 12.3. The largest absolute Gasteiger partial charge is 0.381 e. The Morgan fingerprint density at radius 1 is 1.35 bits per heavy atom. The molecule has 1 N–H and O–H groups in total. The van der Waals surface area contributed by atoms with Crippen LogP contribution in [0.3, 0.4) is 0 Å². The zero-order chi connectivity index (χ0) is 14.4. The first-order chi connectivity index (χ1) is 9.70. The van der Waals surface area contributed by atoms with Crippen LogP contribution in [0.2, 0.25) is 5.02 Å². The standard InChI is InChI=1S/C16H22ClN3/c1-3-4-5-7-13(2)19-15-12-14(17)8-9-16(15)20-11-6-10-18-20/h6,8-13,19H,3-5,7H2,1-2H3. The second-order valence-electron chi connectivity index (χ2n) is 5.15. The highest BCUT2D eigenvalue weighted by atomic mass is 35.5. The van der Waals surface area contributed by atoms with Gasteiger partial charge in [0.25, 0.3) is 0 Å². The number of unbranched alkanes of at least 4 members (excludes halogenated alkanes) is 2. The van der Waals surface area contributed by atoms with E-state index < -0.39 is 0 Å². The molecule has 2 aromatic rings. The van der Waals surface area contributed by atoms with Gasteiger partial charge in [-0.2, -0.15) is 5.10 Å². The summed E-state index contributed by atoms with van der Waals surface area (Å²) in [6.07, 6.45) is 8.68. The van der Waals surface area contributed by atoms with Gasteiger partial charge in [0.1, 0.15) is 0 Å². The van der Waals surface area contributed by atoms with Crippen molar-refractivity contribution in [2.45, 2.75) is 45.6 Å². The van der Waals surface area contributed by atoms with Gasteiger partial charge in [-0.05, 0) is 37.6 Å². The topological polar surface area (TPSA) is 29.9 Å². The molecule has 0 aliphatic heterocycles. The SMILES string of the molecule is CCCCCC(C)Nc1cc(Cl)ccc1-n1cccn1. The van der Waals surface area contributed by atoms with Crippen molar-refractivity contribution in [2.75, 3.05) is 5.32 Å². The summed E-state index contributed by atoms with van der Waals surface area (Å²) >= 11 is 6.12. The predicted molar refractivity (Wildman–Crippen MR) is 85.8 cm³/mol.